The number of non-ortho nitro benzene ring substituents is 1. The lowest BCUT2D eigenvalue weighted by atomic mass is 10.1. The highest BCUT2D eigenvalue weighted by Crippen LogP contribution is 2.24. The van der Waals surface area contributed by atoms with Crippen LogP contribution in [0.2, 0.25) is 0 Å². The number of hydrogen-bond donors (Lipinski definition) is 3. The molecule has 32 heavy (non-hydrogen) atoms. The van der Waals surface area contributed by atoms with Crippen LogP contribution in [-0.4, -0.2) is 39.4 Å². The molecule has 3 N–H and O–H groups in total. The van der Waals surface area contributed by atoms with Gasteiger partial charge in [0.2, 0.25) is 10.0 Å². The molecule has 3 rings (SSSR count). The number of nitrogens with zero attached hydrogens (tertiary/aromatic N) is 2. The number of nitrogens with one attached hydrogen (secondary N) is 3. The Balaban J connectivity index is 0.00000363. The molecule has 0 atom stereocenters. The van der Waals surface area contributed by atoms with Crippen molar-refractivity contribution in [3.63, 3.8) is 0 Å². The van der Waals surface area contributed by atoms with Crippen molar-refractivity contribution in [2.75, 3.05) is 20.1 Å². The van der Waals surface area contributed by atoms with Gasteiger partial charge in [-0.05, 0) is 19.1 Å². The zero-order valence-electron chi connectivity index (χ0n) is 17.5. The summed E-state index contributed by atoms with van der Waals surface area (Å²) in [5.41, 5.74) is 1.57. The molecule has 0 spiro atoms. The number of aliphatic imine (C=N–C) groups is 1. The van der Waals surface area contributed by atoms with Gasteiger partial charge in [0.1, 0.15) is 11.3 Å². The van der Waals surface area contributed by atoms with Gasteiger partial charge in [-0.3, -0.25) is 15.1 Å². The lowest BCUT2D eigenvalue weighted by Crippen LogP contribution is -2.41. The van der Waals surface area contributed by atoms with E-state index in [1.807, 2.05) is 31.2 Å². The van der Waals surface area contributed by atoms with Crippen LogP contribution in [0.5, 0.6) is 0 Å². The van der Waals surface area contributed by atoms with Crippen LogP contribution in [0.15, 0.2) is 62.8 Å². The van der Waals surface area contributed by atoms with Crippen molar-refractivity contribution in [1.82, 2.24) is 15.4 Å². The lowest BCUT2D eigenvalue weighted by molar-refractivity contribution is -0.385. The molecule has 0 aliphatic carbocycles. The van der Waals surface area contributed by atoms with Gasteiger partial charge in [-0.1, -0.05) is 24.3 Å². The molecule has 1 aromatic heterocycles. The molecule has 2 aromatic carbocycles. The normalized spacial score (nSPS) is 11.8. The second-order valence-corrected chi connectivity index (χ2v) is 8.42. The first kappa shape index (κ1) is 25.5. The number of benzene rings is 2. The number of furan rings is 1. The molecule has 172 valence electrons. The zero-order chi connectivity index (χ0) is 22.4. The van der Waals surface area contributed by atoms with Crippen LogP contribution in [-0.2, 0) is 16.6 Å². The Morgan fingerprint density at radius 3 is 2.56 bits per heavy atom. The van der Waals surface area contributed by atoms with Crippen LogP contribution >= 0.6 is 24.0 Å². The van der Waals surface area contributed by atoms with Gasteiger partial charge in [-0.25, -0.2) is 13.1 Å². The Bertz CT molecular complexity index is 1230. The Labute approximate surface area is 202 Å². The van der Waals surface area contributed by atoms with Crippen LogP contribution in [0, 0.1) is 17.0 Å². The van der Waals surface area contributed by atoms with Gasteiger partial charge < -0.3 is 15.1 Å². The number of aryl methyl sites for hydroxylation is 1. The first-order valence-corrected chi connectivity index (χ1v) is 11.0. The molecule has 0 aliphatic heterocycles. The maximum absolute atomic E-state index is 12.3. The molecule has 10 nitrogen and oxygen atoms in total. The molecule has 0 radical (unpaired) electrons. The molecular formula is C20H24IN5O5S. The second-order valence-electron chi connectivity index (χ2n) is 6.65. The fourth-order valence-electron chi connectivity index (χ4n) is 2.99. The van der Waals surface area contributed by atoms with Gasteiger partial charge in [0.25, 0.3) is 5.69 Å². The summed E-state index contributed by atoms with van der Waals surface area (Å²) < 4.78 is 32.9. The summed E-state index contributed by atoms with van der Waals surface area (Å²) in [7, 11) is -2.26. The van der Waals surface area contributed by atoms with Gasteiger partial charge in [-0.2, -0.15) is 0 Å². The predicted octanol–water partition coefficient (Wildman–Crippen LogP) is 2.91. The molecular weight excluding hydrogens is 549 g/mol. The third-order valence-electron chi connectivity index (χ3n) is 4.63. The Morgan fingerprint density at radius 1 is 1.12 bits per heavy atom. The summed E-state index contributed by atoms with van der Waals surface area (Å²) in [6.45, 7) is 2.73. The molecule has 3 aromatic rings. The van der Waals surface area contributed by atoms with E-state index < -0.39 is 14.9 Å². The van der Waals surface area contributed by atoms with E-state index in [1.54, 1.807) is 7.05 Å². The van der Waals surface area contributed by atoms with Crippen molar-refractivity contribution < 1.29 is 17.8 Å². The van der Waals surface area contributed by atoms with E-state index in [0.29, 0.717) is 12.5 Å². The monoisotopic (exact) mass is 573 g/mol. The minimum absolute atomic E-state index is 0. The average molecular weight is 573 g/mol. The molecule has 0 saturated carbocycles. The minimum atomic E-state index is -3.87. The van der Waals surface area contributed by atoms with Crippen molar-refractivity contribution in [2.45, 2.75) is 18.4 Å². The van der Waals surface area contributed by atoms with Crippen molar-refractivity contribution in [3.05, 3.63) is 70.0 Å². The summed E-state index contributed by atoms with van der Waals surface area (Å²) in [6.07, 6.45) is 0. The minimum Gasteiger partial charge on any atom is -0.459 e. The van der Waals surface area contributed by atoms with E-state index in [-0.39, 0.29) is 47.6 Å². The maximum Gasteiger partial charge on any atom is 0.270 e. The van der Waals surface area contributed by atoms with E-state index in [1.165, 1.54) is 18.2 Å². The van der Waals surface area contributed by atoms with E-state index in [2.05, 4.69) is 20.3 Å². The molecule has 1 heterocycles. The number of nitro benzene ring substituents is 1. The van der Waals surface area contributed by atoms with Gasteiger partial charge in [0.15, 0.2) is 5.96 Å². The summed E-state index contributed by atoms with van der Waals surface area (Å²) >= 11 is 0. The number of fused-ring (bicyclic) bond motifs is 1. The van der Waals surface area contributed by atoms with Crippen LogP contribution in [0.1, 0.15) is 11.3 Å². The summed E-state index contributed by atoms with van der Waals surface area (Å²) in [5, 5.41) is 18.0. The van der Waals surface area contributed by atoms with Crippen molar-refractivity contribution in [3.8, 4) is 0 Å². The maximum atomic E-state index is 12.3. The first-order chi connectivity index (χ1) is 14.8. The number of rotatable bonds is 8. The molecule has 0 amide bonds. The van der Waals surface area contributed by atoms with Gasteiger partial charge in [0.05, 0.1) is 16.4 Å². The Morgan fingerprint density at radius 2 is 1.88 bits per heavy atom. The highest BCUT2D eigenvalue weighted by molar-refractivity contribution is 14.0. The quantitative estimate of drug-likeness (QED) is 0.0941. The Kier molecular flexibility index (Phi) is 8.98. The number of nitro groups is 1. The Hall–Kier alpha value is -2.71. The summed E-state index contributed by atoms with van der Waals surface area (Å²) in [6, 6.07) is 12.7. The molecule has 12 heteroatoms. The van der Waals surface area contributed by atoms with E-state index in [9.17, 15) is 18.5 Å². The molecule has 0 saturated heterocycles. The fraction of sp³-hybridized carbons (Fsp3) is 0.250. The number of para-hydroxylation sites is 1. The van der Waals surface area contributed by atoms with Crippen LogP contribution in [0.3, 0.4) is 0 Å². The van der Waals surface area contributed by atoms with Gasteiger partial charge in [-0.15, -0.1) is 24.0 Å². The SMILES string of the molecule is CN=C(NCCNS(=O)(=O)c1cccc([N+](=O)[O-])c1)NCc1oc2ccccc2c1C.I. The number of hydrogen-bond acceptors (Lipinski definition) is 6. The van der Waals surface area contributed by atoms with Crippen LogP contribution in [0.25, 0.3) is 11.0 Å². The summed E-state index contributed by atoms with van der Waals surface area (Å²) in [4.78, 5) is 14.1. The smallest absolute Gasteiger partial charge is 0.270 e. The lowest BCUT2D eigenvalue weighted by Gasteiger charge is -2.12. The first-order valence-electron chi connectivity index (χ1n) is 9.47. The molecule has 0 aliphatic rings. The highest BCUT2D eigenvalue weighted by Gasteiger charge is 2.17. The van der Waals surface area contributed by atoms with Crippen molar-refractivity contribution in [1.29, 1.82) is 0 Å². The second kappa shape index (κ2) is 11.2. The van der Waals surface area contributed by atoms with Gasteiger partial charge >= 0.3 is 0 Å². The number of halogens is 1. The standard InChI is InChI=1S/C20H23N5O5S.HI/c1-14-17-8-3-4-9-18(17)30-19(14)13-23-20(21-2)22-10-11-24-31(28,29)16-7-5-6-15(12-16)25(26)27;/h3-9,12,24H,10-11,13H2,1-2H3,(H2,21,22,23);1H. The predicted molar refractivity (Wildman–Crippen MR) is 133 cm³/mol. The molecule has 0 bridgehead atoms. The van der Waals surface area contributed by atoms with E-state index in [0.717, 1.165) is 28.4 Å². The van der Waals surface area contributed by atoms with E-state index >= 15 is 0 Å². The highest BCUT2D eigenvalue weighted by atomic mass is 127. The third kappa shape index (κ3) is 6.17. The van der Waals surface area contributed by atoms with Crippen molar-refractivity contribution in [2.24, 2.45) is 4.99 Å². The van der Waals surface area contributed by atoms with Crippen LogP contribution < -0.4 is 15.4 Å². The number of guanidine groups is 1. The third-order valence-corrected chi connectivity index (χ3v) is 6.09. The average Bonchev–Trinajstić information content (AvgIpc) is 3.09. The molecule has 0 fully saturated rings. The van der Waals surface area contributed by atoms with E-state index in [4.69, 9.17) is 4.42 Å². The van der Waals surface area contributed by atoms with Crippen LogP contribution in [0.4, 0.5) is 5.69 Å². The fourth-order valence-corrected chi connectivity index (χ4v) is 4.06. The topological polar surface area (TPSA) is 139 Å². The zero-order valence-corrected chi connectivity index (χ0v) is 20.6. The van der Waals surface area contributed by atoms with Crippen molar-refractivity contribution >= 4 is 56.6 Å². The largest absolute Gasteiger partial charge is 0.459 e. The van der Waals surface area contributed by atoms with Gasteiger partial charge in [0, 0.05) is 43.2 Å². The molecule has 0 unspecified atom stereocenters. The number of sulfonamides is 1. The summed E-state index contributed by atoms with van der Waals surface area (Å²) in [5.74, 6) is 1.27.